The maximum atomic E-state index is 12.4. The zero-order valence-corrected chi connectivity index (χ0v) is 15.2. The summed E-state index contributed by atoms with van der Waals surface area (Å²) in [7, 11) is 0. The third-order valence-electron chi connectivity index (χ3n) is 3.70. The van der Waals surface area contributed by atoms with E-state index in [-0.39, 0.29) is 11.4 Å². The third-order valence-corrected chi connectivity index (χ3v) is 4.61. The number of pyridine rings is 1. The van der Waals surface area contributed by atoms with Crippen LogP contribution in [-0.2, 0) is 9.59 Å². The van der Waals surface area contributed by atoms with Crippen LogP contribution in [0.5, 0.6) is 0 Å². The van der Waals surface area contributed by atoms with Crippen molar-refractivity contribution in [3.05, 3.63) is 64.3 Å². The molecule has 0 radical (unpaired) electrons. The van der Waals surface area contributed by atoms with Gasteiger partial charge >= 0.3 is 0 Å². The van der Waals surface area contributed by atoms with Crippen LogP contribution < -0.4 is 5.32 Å². The highest BCUT2D eigenvalue weighted by atomic mass is 32.2. The Hall–Kier alpha value is -2.93. The first-order valence-corrected chi connectivity index (χ1v) is 8.79. The lowest BCUT2D eigenvalue weighted by Crippen LogP contribution is -2.36. The third kappa shape index (κ3) is 4.18. The lowest BCUT2D eigenvalue weighted by molar-refractivity contribution is -0.127. The van der Waals surface area contributed by atoms with Crippen LogP contribution in [0, 0.1) is 13.8 Å². The molecule has 0 atom stereocenters. The highest BCUT2D eigenvalue weighted by molar-refractivity contribution is 8.18. The molecule has 1 aliphatic heterocycles. The number of hydrogen-bond donors (Lipinski definition) is 1. The SMILES string of the molecule is Cc1ccc(NC(=O)CN2C(=O)S/C(=C/c3cccc(C)n3)C2=O)cc1. The van der Waals surface area contributed by atoms with Crippen molar-refractivity contribution in [1.29, 1.82) is 0 Å². The van der Waals surface area contributed by atoms with Crippen molar-refractivity contribution in [2.45, 2.75) is 13.8 Å². The fourth-order valence-corrected chi connectivity index (χ4v) is 3.22. The molecule has 0 aliphatic carbocycles. The molecule has 1 aromatic carbocycles. The Morgan fingerprint density at radius 1 is 1.15 bits per heavy atom. The molecule has 3 rings (SSSR count). The Balaban J connectivity index is 1.69. The first-order valence-electron chi connectivity index (χ1n) is 7.98. The smallest absolute Gasteiger partial charge is 0.294 e. The monoisotopic (exact) mass is 367 g/mol. The second-order valence-electron chi connectivity index (χ2n) is 5.89. The van der Waals surface area contributed by atoms with E-state index in [1.165, 1.54) is 0 Å². The molecule has 6 nitrogen and oxygen atoms in total. The first kappa shape index (κ1) is 17.9. The molecule has 1 aromatic heterocycles. The molecule has 7 heteroatoms. The molecule has 0 spiro atoms. The summed E-state index contributed by atoms with van der Waals surface area (Å²) >= 11 is 0.811. The Morgan fingerprint density at radius 3 is 2.58 bits per heavy atom. The van der Waals surface area contributed by atoms with Crippen LogP contribution in [-0.4, -0.2) is 33.5 Å². The van der Waals surface area contributed by atoms with E-state index in [4.69, 9.17) is 0 Å². The summed E-state index contributed by atoms with van der Waals surface area (Å²) in [5.41, 5.74) is 3.10. The summed E-state index contributed by atoms with van der Waals surface area (Å²) < 4.78 is 0. The van der Waals surface area contributed by atoms with Gasteiger partial charge in [0.05, 0.1) is 10.6 Å². The summed E-state index contributed by atoms with van der Waals surface area (Å²) in [5, 5.41) is 2.22. The molecule has 1 saturated heterocycles. The second-order valence-corrected chi connectivity index (χ2v) is 6.88. The summed E-state index contributed by atoms with van der Waals surface area (Å²) in [6.07, 6.45) is 1.57. The minimum absolute atomic E-state index is 0.260. The zero-order valence-electron chi connectivity index (χ0n) is 14.4. The number of thioether (sulfide) groups is 1. The highest BCUT2D eigenvalue weighted by Crippen LogP contribution is 2.31. The fraction of sp³-hybridized carbons (Fsp3) is 0.158. The van der Waals surface area contributed by atoms with Crippen molar-refractivity contribution in [3.8, 4) is 0 Å². The van der Waals surface area contributed by atoms with E-state index < -0.39 is 17.1 Å². The largest absolute Gasteiger partial charge is 0.325 e. The number of carbonyl (C=O) groups is 3. The zero-order chi connectivity index (χ0) is 18.7. The Labute approximate surface area is 155 Å². The van der Waals surface area contributed by atoms with Crippen molar-refractivity contribution >= 4 is 40.6 Å². The van der Waals surface area contributed by atoms with Crippen LogP contribution in [0.2, 0.25) is 0 Å². The summed E-state index contributed by atoms with van der Waals surface area (Å²) in [6, 6.07) is 12.7. The second kappa shape index (κ2) is 7.53. The van der Waals surface area contributed by atoms with Crippen molar-refractivity contribution in [2.24, 2.45) is 0 Å². The van der Waals surface area contributed by atoms with Gasteiger partial charge in [-0.15, -0.1) is 0 Å². The van der Waals surface area contributed by atoms with Gasteiger partial charge in [0.2, 0.25) is 5.91 Å². The van der Waals surface area contributed by atoms with E-state index in [0.29, 0.717) is 11.4 Å². The summed E-state index contributed by atoms with van der Waals surface area (Å²) in [4.78, 5) is 42.2. The van der Waals surface area contributed by atoms with Crippen molar-refractivity contribution < 1.29 is 14.4 Å². The van der Waals surface area contributed by atoms with E-state index in [0.717, 1.165) is 27.9 Å². The Morgan fingerprint density at radius 2 is 1.88 bits per heavy atom. The number of carbonyl (C=O) groups excluding carboxylic acids is 3. The summed E-state index contributed by atoms with van der Waals surface area (Å²) in [5.74, 6) is -0.909. The maximum Gasteiger partial charge on any atom is 0.294 e. The Bertz CT molecular complexity index is 907. The molecule has 1 fully saturated rings. The topological polar surface area (TPSA) is 79.4 Å². The standard InChI is InChI=1S/C19H17N3O3S/c1-12-6-8-14(9-7-12)21-17(23)11-22-18(24)16(26-19(22)25)10-15-5-3-4-13(2)20-15/h3-10H,11H2,1-2H3,(H,21,23)/b16-10+. The number of anilines is 1. The van der Waals surface area contributed by atoms with Gasteiger partial charge in [-0.2, -0.15) is 0 Å². The van der Waals surface area contributed by atoms with Crippen molar-refractivity contribution in [2.75, 3.05) is 11.9 Å². The number of nitrogens with zero attached hydrogens (tertiary/aromatic N) is 2. The van der Waals surface area contributed by atoms with Gasteiger partial charge in [0, 0.05) is 11.4 Å². The lowest BCUT2D eigenvalue weighted by atomic mass is 10.2. The summed E-state index contributed by atoms with van der Waals surface area (Å²) in [6.45, 7) is 3.47. The normalized spacial score (nSPS) is 15.6. The number of benzene rings is 1. The van der Waals surface area contributed by atoms with Gasteiger partial charge in [-0.1, -0.05) is 23.8 Å². The van der Waals surface area contributed by atoms with Crippen LogP contribution >= 0.6 is 11.8 Å². The molecule has 1 aliphatic rings. The molecule has 0 saturated carbocycles. The molecule has 132 valence electrons. The minimum Gasteiger partial charge on any atom is -0.325 e. The highest BCUT2D eigenvalue weighted by Gasteiger charge is 2.36. The fourth-order valence-electron chi connectivity index (χ4n) is 2.40. The van der Waals surface area contributed by atoms with Gasteiger partial charge in [0.15, 0.2) is 0 Å². The predicted molar refractivity (Wildman–Crippen MR) is 101 cm³/mol. The van der Waals surface area contributed by atoms with Crippen LogP contribution in [0.4, 0.5) is 10.5 Å². The number of aromatic nitrogens is 1. The molecule has 0 unspecified atom stereocenters. The first-order chi connectivity index (χ1) is 12.4. The molecule has 26 heavy (non-hydrogen) atoms. The van der Waals surface area contributed by atoms with Crippen LogP contribution in [0.1, 0.15) is 17.0 Å². The number of imide groups is 1. The van der Waals surface area contributed by atoms with Crippen LogP contribution in [0.3, 0.4) is 0 Å². The van der Waals surface area contributed by atoms with Crippen LogP contribution in [0.15, 0.2) is 47.4 Å². The molecule has 0 bridgehead atoms. The molecular weight excluding hydrogens is 350 g/mol. The molecule has 2 heterocycles. The van der Waals surface area contributed by atoms with E-state index in [9.17, 15) is 14.4 Å². The number of hydrogen-bond acceptors (Lipinski definition) is 5. The molecule has 2 aromatic rings. The van der Waals surface area contributed by atoms with Gasteiger partial charge in [-0.25, -0.2) is 0 Å². The van der Waals surface area contributed by atoms with Gasteiger partial charge in [-0.3, -0.25) is 24.3 Å². The van der Waals surface area contributed by atoms with Gasteiger partial charge < -0.3 is 5.32 Å². The average Bonchev–Trinajstić information content (AvgIpc) is 2.84. The van der Waals surface area contributed by atoms with Gasteiger partial charge in [0.25, 0.3) is 11.1 Å². The molecular formula is C19H17N3O3S. The van der Waals surface area contributed by atoms with Crippen molar-refractivity contribution in [1.82, 2.24) is 9.88 Å². The van der Waals surface area contributed by atoms with Crippen LogP contribution in [0.25, 0.3) is 6.08 Å². The maximum absolute atomic E-state index is 12.4. The van der Waals surface area contributed by atoms with Crippen molar-refractivity contribution in [3.63, 3.8) is 0 Å². The van der Waals surface area contributed by atoms with E-state index in [1.807, 2.05) is 38.1 Å². The van der Waals surface area contributed by atoms with E-state index >= 15 is 0 Å². The molecule has 3 amide bonds. The average molecular weight is 367 g/mol. The van der Waals surface area contributed by atoms with E-state index in [2.05, 4.69) is 10.3 Å². The quantitative estimate of drug-likeness (QED) is 0.838. The lowest BCUT2D eigenvalue weighted by Gasteiger charge is -2.12. The number of rotatable bonds is 4. The van der Waals surface area contributed by atoms with E-state index in [1.54, 1.807) is 24.3 Å². The Kier molecular flexibility index (Phi) is 5.18. The minimum atomic E-state index is -0.484. The number of nitrogens with one attached hydrogen (secondary N) is 1. The van der Waals surface area contributed by atoms with Gasteiger partial charge in [0.1, 0.15) is 6.54 Å². The molecule has 1 N–H and O–H groups in total. The number of aryl methyl sites for hydroxylation is 2. The van der Waals surface area contributed by atoms with Gasteiger partial charge in [-0.05, 0) is 56.0 Å². The number of amides is 3. The predicted octanol–water partition coefficient (Wildman–Crippen LogP) is 3.37.